The van der Waals surface area contributed by atoms with E-state index in [1.54, 1.807) is 30.5 Å². The van der Waals surface area contributed by atoms with Gasteiger partial charge in [-0.1, -0.05) is 36.4 Å². The SMILES string of the molecule is COc1cc(/C=C2/C(C)=C(C(CCc3ccccc3)C(=O)NCc3ccco3)c3cc(F)ccc32)cc(OC)c1O. The third-order valence-corrected chi connectivity index (χ3v) is 7.43. The lowest BCUT2D eigenvalue weighted by Gasteiger charge is -2.20. The number of nitrogens with one attached hydrogen (secondary N) is 1. The molecule has 0 aliphatic heterocycles. The summed E-state index contributed by atoms with van der Waals surface area (Å²) in [5, 5.41) is 13.4. The topological polar surface area (TPSA) is 80.9 Å². The predicted octanol–water partition coefficient (Wildman–Crippen LogP) is 7.03. The maximum atomic E-state index is 14.7. The maximum absolute atomic E-state index is 14.7. The molecule has 1 aliphatic carbocycles. The fourth-order valence-corrected chi connectivity index (χ4v) is 5.39. The highest BCUT2D eigenvalue weighted by Gasteiger charge is 2.33. The number of methoxy groups -OCH3 is 2. The summed E-state index contributed by atoms with van der Waals surface area (Å²) < 4.78 is 30.8. The van der Waals surface area contributed by atoms with Crippen molar-refractivity contribution in [3.63, 3.8) is 0 Å². The van der Waals surface area contributed by atoms with E-state index in [9.17, 15) is 14.3 Å². The number of halogens is 1. The van der Waals surface area contributed by atoms with Crippen molar-refractivity contribution in [2.75, 3.05) is 14.2 Å². The zero-order valence-corrected chi connectivity index (χ0v) is 23.2. The van der Waals surface area contributed by atoms with E-state index in [1.165, 1.54) is 26.4 Å². The number of benzene rings is 3. The second-order valence-corrected chi connectivity index (χ2v) is 9.93. The lowest BCUT2D eigenvalue weighted by molar-refractivity contribution is -0.123. The van der Waals surface area contributed by atoms with Crippen molar-refractivity contribution in [3.05, 3.63) is 118 Å². The van der Waals surface area contributed by atoms with Crippen molar-refractivity contribution in [1.29, 1.82) is 0 Å². The summed E-state index contributed by atoms with van der Waals surface area (Å²) >= 11 is 0. The minimum atomic E-state index is -0.541. The van der Waals surface area contributed by atoms with Gasteiger partial charge in [-0.25, -0.2) is 4.39 Å². The Kier molecular flexibility index (Phi) is 8.24. The van der Waals surface area contributed by atoms with Crippen LogP contribution in [-0.2, 0) is 17.8 Å². The van der Waals surface area contributed by atoms with E-state index in [2.05, 4.69) is 5.32 Å². The molecule has 1 aromatic heterocycles. The quantitative estimate of drug-likeness (QED) is 0.220. The number of phenols is 1. The van der Waals surface area contributed by atoms with E-state index in [0.29, 0.717) is 24.2 Å². The Bertz CT molecular complexity index is 1580. The van der Waals surface area contributed by atoms with Crippen LogP contribution in [0.4, 0.5) is 4.39 Å². The standard InChI is InChI=1S/C34H32FNO5/c1-21-28(16-23-17-30(39-2)33(37)31(18-23)40-3)26-14-12-24(35)19-29(26)32(21)27(13-11-22-8-5-4-6-9-22)34(38)36-20-25-10-7-15-41-25/h4-10,12,14-19,27,37H,11,13,20H2,1-3H3,(H,36,38)/b28-16-. The van der Waals surface area contributed by atoms with Crippen molar-refractivity contribution >= 4 is 23.1 Å². The van der Waals surface area contributed by atoms with Crippen LogP contribution in [0.1, 0.15) is 41.4 Å². The minimum Gasteiger partial charge on any atom is -0.502 e. The molecule has 1 aliphatic rings. The molecule has 0 saturated carbocycles. The molecule has 3 aromatic carbocycles. The van der Waals surface area contributed by atoms with Crippen LogP contribution in [0, 0.1) is 11.7 Å². The number of hydrogen-bond donors (Lipinski definition) is 2. The molecule has 0 radical (unpaired) electrons. The lowest BCUT2D eigenvalue weighted by Crippen LogP contribution is -2.31. The van der Waals surface area contributed by atoms with E-state index < -0.39 is 5.92 Å². The van der Waals surface area contributed by atoms with Crippen LogP contribution in [0.5, 0.6) is 17.2 Å². The van der Waals surface area contributed by atoms with Gasteiger partial charge in [0.1, 0.15) is 11.6 Å². The van der Waals surface area contributed by atoms with Crippen LogP contribution in [0.15, 0.2) is 89.0 Å². The molecule has 4 aromatic rings. The fourth-order valence-electron chi connectivity index (χ4n) is 5.39. The number of hydrogen-bond acceptors (Lipinski definition) is 5. The fraction of sp³-hybridized carbons (Fsp3) is 0.206. The summed E-state index contributed by atoms with van der Waals surface area (Å²) in [6, 6.07) is 21.7. The Morgan fingerprint density at radius 3 is 2.39 bits per heavy atom. The van der Waals surface area contributed by atoms with Crippen LogP contribution < -0.4 is 14.8 Å². The van der Waals surface area contributed by atoms with Gasteiger partial charge >= 0.3 is 0 Å². The van der Waals surface area contributed by atoms with Crippen molar-refractivity contribution < 1.29 is 28.2 Å². The molecule has 1 atom stereocenters. The van der Waals surface area contributed by atoms with Gasteiger partial charge in [-0.05, 0) is 101 Å². The molecule has 0 saturated heterocycles. The summed E-state index contributed by atoms with van der Waals surface area (Å²) in [5.74, 6) is 0.0345. The number of rotatable bonds is 10. The highest BCUT2D eigenvalue weighted by molar-refractivity contribution is 6.09. The summed E-state index contributed by atoms with van der Waals surface area (Å²) in [5.41, 5.74) is 5.88. The van der Waals surface area contributed by atoms with Gasteiger partial charge < -0.3 is 24.3 Å². The molecule has 7 heteroatoms. The number of amides is 1. The molecular formula is C34H32FNO5. The molecular weight excluding hydrogens is 521 g/mol. The number of phenolic OH excluding ortho intramolecular Hbond substituents is 1. The summed E-state index contributed by atoms with van der Waals surface area (Å²) in [6.07, 6.45) is 4.72. The second kappa shape index (κ2) is 12.2. The zero-order chi connectivity index (χ0) is 28.9. The Morgan fingerprint density at radius 1 is 1.00 bits per heavy atom. The molecule has 210 valence electrons. The third-order valence-electron chi connectivity index (χ3n) is 7.43. The second-order valence-electron chi connectivity index (χ2n) is 9.93. The van der Waals surface area contributed by atoms with Gasteiger partial charge in [0.15, 0.2) is 11.5 Å². The molecule has 0 spiro atoms. The van der Waals surface area contributed by atoms with Crippen molar-refractivity contribution in [3.8, 4) is 17.2 Å². The minimum absolute atomic E-state index is 0.0896. The predicted molar refractivity (Wildman–Crippen MR) is 157 cm³/mol. The average Bonchev–Trinajstić information content (AvgIpc) is 3.60. The number of allylic oxidation sites excluding steroid dienone is 2. The smallest absolute Gasteiger partial charge is 0.227 e. The summed E-state index contributed by atoms with van der Waals surface area (Å²) in [7, 11) is 2.95. The molecule has 41 heavy (non-hydrogen) atoms. The number of carbonyl (C=O) groups excluding carboxylic acids is 1. The van der Waals surface area contributed by atoms with Gasteiger partial charge in [-0.3, -0.25) is 4.79 Å². The molecule has 0 bridgehead atoms. The van der Waals surface area contributed by atoms with Crippen LogP contribution in [0.2, 0.25) is 0 Å². The van der Waals surface area contributed by atoms with Crippen molar-refractivity contribution in [1.82, 2.24) is 5.32 Å². The van der Waals surface area contributed by atoms with Gasteiger partial charge in [0.25, 0.3) is 0 Å². The number of aromatic hydroxyl groups is 1. The number of ether oxygens (including phenoxy) is 2. The van der Waals surface area contributed by atoms with Crippen LogP contribution in [0.25, 0.3) is 17.2 Å². The first-order valence-corrected chi connectivity index (χ1v) is 13.4. The van der Waals surface area contributed by atoms with Gasteiger partial charge in [-0.15, -0.1) is 0 Å². The van der Waals surface area contributed by atoms with Crippen LogP contribution >= 0.6 is 0 Å². The molecule has 1 amide bonds. The van der Waals surface area contributed by atoms with Gasteiger partial charge in [0.2, 0.25) is 11.7 Å². The van der Waals surface area contributed by atoms with Gasteiger partial charge in [-0.2, -0.15) is 0 Å². The highest BCUT2D eigenvalue weighted by Crippen LogP contribution is 2.47. The van der Waals surface area contributed by atoms with Gasteiger partial charge in [0, 0.05) is 0 Å². The number of aryl methyl sites for hydroxylation is 1. The Morgan fingerprint density at radius 2 is 1.73 bits per heavy atom. The van der Waals surface area contributed by atoms with E-state index in [0.717, 1.165) is 33.4 Å². The number of furan rings is 1. The van der Waals surface area contributed by atoms with Crippen LogP contribution in [-0.4, -0.2) is 25.2 Å². The van der Waals surface area contributed by atoms with Gasteiger partial charge in [0.05, 0.1) is 32.9 Å². The molecule has 2 N–H and O–H groups in total. The van der Waals surface area contributed by atoms with E-state index in [4.69, 9.17) is 13.9 Å². The monoisotopic (exact) mass is 553 g/mol. The first kappa shape index (κ1) is 27.8. The molecule has 1 unspecified atom stereocenters. The van der Waals surface area contributed by atoms with E-state index in [-0.39, 0.29) is 35.5 Å². The average molecular weight is 554 g/mol. The van der Waals surface area contributed by atoms with Crippen molar-refractivity contribution in [2.24, 2.45) is 5.92 Å². The number of carbonyl (C=O) groups is 1. The normalized spacial score (nSPS) is 14.2. The maximum Gasteiger partial charge on any atom is 0.227 e. The van der Waals surface area contributed by atoms with E-state index >= 15 is 0 Å². The van der Waals surface area contributed by atoms with Crippen LogP contribution in [0.3, 0.4) is 0 Å². The zero-order valence-electron chi connectivity index (χ0n) is 23.2. The Labute approximate surface area is 238 Å². The molecule has 5 rings (SSSR count). The first-order chi connectivity index (χ1) is 19.9. The summed E-state index contributed by atoms with van der Waals surface area (Å²) in [4.78, 5) is 13.8. The number of fused-ring (bicyclic) bond motifs is 1. The summed E-state index contributed by atoms with van der Waals surface area (Å²) in [6.45, 7) is 2.22. The third kappa shape index (κ3) is 5.89. The van der Waals surface area contributed by atoms with E-state index in [1.807, 2.05) is 49.4 Å². The largest absolute Gasteiger partial charge is 0.502 e. The highest BCUT2D eigenvalue weighted by atomic mass is 19.1. The Hall–Kier alpha value is -4.78. The Balaban J connectivity index is 1.59. The molecule has 6 nitrogen and oxygen atoms in total. The van der Waals surface area contributed by atoms with Crippen molar-refractivity contribution in [2.45, 2.75) is 26.3 Å². The molecule has 0 fully saturated rings. The lowest BCUT2D eigenvalue weighted by atomic mass is 9.86. The first-order valence-electron chi connectivity index (χ1n) is 13.4. The molecule has 1 heterocycles.